The van der Waals surface area contributed by atoms with E-state index in [1.54, 1.807) is 6.92 Å². The van der Waals surface area contributed by atoms with Crippen molar-refractivity contribution in [3.8, 4) is 17.8 Å². The molecule has 0 aromatic heterocycles. The van der Waals surface area contributed by atoms with Gasteiger partial charge in [-0.15, -0.1) is 0 Å². The Bertz CT molecular complexity index is 640. The molecule has 178 valence electrons. The average molecular weight is 432 g/mol. The van der Waals surface area contributed by atoms with Gasteiger partial charge in [-0.3, -0.25) is 0 Å². The molecule has 0 amide bonds. The summed E-state index contributed by atoms with van der Waals surface area (Å²) >= 11 is 0. The maximum atomic E-state index is 5.89. The topological polar surface area (TPSA) is 21.7 Å². The number of hydrogen-bond acceptors (Lipinski definition) is 3. The minimum atomic E-state index is 0.557. The monoisotopic (exact) mass is 431 g/mol. The van der Waals surface area contributed by atoms with E-state index in [-0.39, 0.29) is 0 Å². The lowest BCUT2D eigenvalue weighted by atomic mass is 9.87. The minimum absolute atomic E-state index is 0.557. The zero-order valence-electron chi connectivity index (χ0n) is 22.1. The first-order valence-corrected chi connectivity index (χ1v) is 12.4. The molecular formula is C28H49NO2. The minimum Gasteiger partial charge on any atom is -0.493 e. The Morgan fingerprint density at radius 3 is 2.45 bits per heavy atom. The molecule has 0 spiro atoms. The summed E-state index contributed by atoms with van der Waals surface area (Å²) in [5, 5.41) is 0. The Morgan fingerprint density at radius 2 is 1.87 bits per heavy atom. The first-order valence-electron chi connectivity index (χ1n) is 12.4. The van der Waals surface area contributed by atoms with Gasteiger partial charge in [0.15, 0.2) is 0 Å². The Hall–Kier alpha value is -2.08. The molecule has 1 aliphatic heterocycles. The molecular weight excluding hydrogens is 382 g/mol. The van der Waals surface area contributed by atoms with Crippen LogP contribution in [0.3, 0.4) is 0 Å². The van der Waals surface area contributed by atoms with Crippen molar-refractivity contribution in [3.63, 3.8) is 0 Å². The van der Waals surface area contributed by atoms with E-state index < -0.39 is 0 Å². The summed E-state index contributed by atoms with van der Waals surface area (Å²) in [7, 11) is 0. The first-order chi connectivity index (χ1) is 15.2. The van der Waals surface area contributed by atoms with E-state index in [9.17, 15) is 0 Å². The molecule has 31 heavy (non-hydrogen) atoms. The molecule has 1 atom stereocenters. The lowest BCUT2D eigenvalue weighted by molar-refractivity contribution is 0.266. The van der Waals surface area contributed by atoms with Crippen LogP contribution < -0.4 is 9.64 Å². The molecule has 3 nitrogen and oxygen atoms in total. The summed E-state index contributed by atoms with van der Waals surface area (Å²) in [5.74, 6) is 4.37. The molecule has 1 heterocycles. The number of benzene rings is 1. The van der Waals surface area contributed by atoms with Crippen LogP contribution in [0.1, 0.15) is 100.0 Å². The molecule has 2 rings (SSSR count). The van der Waals surface area contributed by atoms with Crippen molar-refractivity contribution < 1.29 is 9.47 Å². The van der Waals surface area contributed by atoms with Crippen molar-refractivity contribution in [2.24, 2.45) is 0 Å². The standard InChI is InChI=1S/C22H31NO2.3C2H6/c1-5-13-24-14-8-12-23(7-3)20-9-10-22-21(17-20)19(11-15-25-22)16-18(4)6-2;3*1-2/h6,9-10,17,19H,7-8,11-12,14-16H2,1-4H3;3*1-2H3/b18-6+;;;. The van der Waals surface area contributed by atoms with Crippen molar-refractivity contribution in [1.82, 2.24) is 0 Å². The van der Waals surface area contributed by atoms with Crippen molar-refractivity contribution in [1.29, 1.82) is 0 Å². The second-order valence-corrected chi connectivity index (χ2v) is 6.53. The number of fused-ring (bicyclic) bond motifs is 1. The van der Waals surface area contributed by atoms with E-state index in [0.29, 0.717) is 12.5 Å². The Balaban J connectivity index is 0. The van der Waals surface area contributed by atoms with Crippen LogP contribution in [0.15, 0.2) is 29.8 Å². The lowest BCUT2D eigenvalue weighted by Crippen LogP contribution is -2.25. The molecule has 1 aromatic carbocycles. The van der Waals surface area contributed by atoms with E-state index in [0.717, 1.165) is 44.7 Å². The van der Waals surface area contributed by atoms with Gasteiger partial charge in [-0.25, -0.2) is 0 Å². The van der Waals surface area contributed by atoms with Crippen LogP contribution in [0.5, 0.6) is 5.75 Å². The van der Waals surface area contributed by atoms with Crippen LogP contribution in [-0.4, -0.2) is 26.3 Å². The molecule has 0 aliphatic carbocycles. The Labute approximate surface area is 194 Å². The van der Waals surface area contributed by atoms with Gasteiger partial charge in [-0.2, -0.15) is 0 Å². The average Bonchev–Trinajstić information content (AvgIpc) is 2.85. The summed E-state index contributed by atoms with van der Waals surface area (Å²) in [4.78, 5) is 2.40. The lowest BCUT2D eigenvalue weighted by Gasteiger charge is -2.29. The van der Waals surface area contributed by atoms with Crippen LogP contribution in [0.25, 0.3) is 0 Å². The molecule has 0 N–H and O–H groups in total. The Kier molecular flexibility index (Phi) is 21.2. The summed E-state index contributed by atoms with van der Waals surface area (Å²) in [5.41, 5.74) is 4.08. The highest BCUT2D eigenvalue weighted by Crippen LogP contribution is 2.39. The van der Waals surface area contributed by atoms with E-state index >= 15 is 0 Å². The van der Waals surface area contributed by atoms with Gasteiger partial charge in [-0.1, -0.05) is 59.1 Å². The fourth-order valence-corrected chi connectivity index (χ4v) is 3.29. The first kappa shape index (κ1) is 31.1. The summed E-state index contributed by atoms with van der Waals surface area (Å²) in [6.07, 6.45) is 8.06. The summed E-state index contributed by atoms with van der Waals surface area (Å²) in [6.45, 7) is 23.8. The molecule has 0 fully saturated rings. The van der Waals surface area contributed by atoms with Crippen LogP contribution in [-0.2, 0) is 4.74 Å². The summed E-state index contributed by atoms with van der Waals surface area (Å²) in [6, 6.07) is 6.65. The molecule has 0 bridgehead atoms. The quantitative estimate of drug-likeness (QED) is 0.235. The number of ether oxygens (including phenoxy) is 2. The van der Waals surface area contributed by atoms with Gasteiger partial charge in [0.1, 0.15) is 18.5 Å². The molecule has 0 saturated carbocycles. The predicted molar refractivity (Wildman–Crippen MR) is 139 cm³/mol. The van der Waals surface area contributed by atoms with Gasteiger partial charge >= 0.3 is 0 Å². The van der Waals surface area contributed by atoms with Crippen LogP contribution in [0.4, 0.5) is 5.69 Å². The van der Waals surface area contributed by atoms with Gasteiger partial charge < -0.3 is 14.4 Å². The SMILES string of the molecule is CC.CC.CC.CC#COCCCN(CC)c1ccc2c(c1)C(C/C(C)=C/C)CCO2. The second kappa shape index (κ2) is 21.2. The largest absolute Gasteiger partial charge is 0.493 e. The highest BCUT2D eigenvalue weighted by molar-refractivity contribution is 5.55. The maximum absolute atomic E-state index is 5.89. The fraction of sp³-hybridized carbons (Fsp3) is 0.643. The van der Waals surface area contributed by atoms with E-state index in [4.69, 9.17) is 9.47 Å². The third-order valence-electron chi connectivity index (χ3n) is 4.81. The molecule has 0 saturated heterocycles. The smallest absolute Gasteiger partial charge is 0.122 e. The predicted octanol–water partition coefficient (Wildman–Crippen LogP) is 8.20. The fourth-order valence-electron chi connectivity index (χ4n) is 3.29. The van der Waals surface area contributed by atoms with Gasteiger partial charge in [0, 0.05) is 25.7 Å². The van der Waals surface area contributed by atoms with Crippen LogP contribution in [0.2, 0.25) is 0 Å². The molecule has 0 radical (unpaired) electrons. The van der Waals surface area contributed by atoms with Gasteiger partial charge in [0.25, 0.3) is 0 Å². The van der Waals surface area contributed by atoms with Crippen molar-refractivity contribution in [2.75, 3.05) is 31.2 Å². The maximum Gasteiger partial charge on any atom is 0.122 e. The third kappa shape index (κ3) is 11.8. The molecule has 3 heteroatoms. The van der Waals surface area contributed by atoms with Gasteiger partial charge in [-0.05, 0) is 69.7 Å². The number of allylic oxidation sites excluding steroid dienone is 2. The van der Waals surface area contributed by atoms with Crippen molar-refractivity contribution in [2.45, 2.75) is 94.4 Å². The second-order valence-electron chi connectivity index (χ2n) is 6.53. The third-order valence-corrected chi connectivity index (χ3v) is 4.81. The highest BCUT2D eigenvalue weighted by atomic mass is 16.5. The Morgan fingerprint density at radius 1 is 1.19 bits per heavy atom. The normalized spacial score (nSPS) is 13.7. The number of anilines is 1. The highest BCUT2D eigenvalue weighted by Gasteiger charge is 2.22. The zero-order chi connectivity index (χ0) is 24.1. The number of hydrogen-bond donors (Lipinski definition) is 0. The van der Waals surface area contributed by atoms with E-state index in [1.807, 2.05) is 41.5 Å². The van der Waals surface area contributed by atoms with Gasteiger partial charge in [0.05, 0.1) is 6.61 Å². The van der Waals surface area contributed by atoms with Crippen molar-refractivity contribution in [3.05, 3.63) is 35.4 Å². The van der Waals surface area contributed by atoms with Crippen LogP contribution in [0, 0.1) is 12.0 Å². The number of nitrogens with zero attached hydrogens (tertiary/aromatic N) is 1. The zero-order valence-corrected chi connectivity index (χ0v) is 22.1. The van der Waals surface area contributed by atoms with Gasteiger partial charge in [0.2, 0.25) is 0 Å². The van der Waals surface area contributed by atoms with Crippen LogP contribution >= 0.6 is 0 Å². The molecule has 1 unspecified atom stereocenters. The molecule has 1 aliphatic rings. The summed E-state index contributed by atoms with van der Waals surface area (Å²) < 4.78 is 11.2. The number of rotatable bonds is 8. The molecule has 1 aromatic rings. The van der Waals surface area contributed by atoms with E-state index in [1.165, 1.54) is 16.8 Å². The van der Waals surface area contributed by atoms with Crippen molar-refractivity contribution >= 4 is 5.69 Å². The van der Waals surface area contributed by atoms with E-state index in [2.05, 4.69) is 62.0 Å².